The summed E-state index contributed by atoms with van der Waals surface area (Å²) < 4.78 is 42.7. The van der Waals surface area contributed by atoms with Gasteiger partial charge in [0.1, 0.15) is 0 Å². The fraction of sp³-hybridized carbons (Fsp3) is 0.222. The number of alkyl halides is 3. The highest BCUT2D eigenvalue weighted by Gasteiger charge is 2.31. The van der Waals surface area contributed by atoms with Crippen LogP contribution in [-0.2, 0) is 15.7 Å². The monoisotopic (exact) mass is 366 g/mol. The van der Waals surface area contributed by atoms with Crippen LogP contribution in [0.2, 0.25) is 0 Å². The summed E-state index contributed by atoms with van der Waals surface area (Å²) in [4.78, 5) is 25.5. The number of hydrogen-bond donors (Lipinski definition) is 1. The summed E-state index contributed by atoms with van der Waals surface area (Å²) in [5.74, 6) is -1.60. The summed E-state index contributed by atoms with van der Waals surface area (Å²) in [5.41, 5.74) is 0.218. The number of hydrogen-bond acceptors (Lipinski definition) is 4. The van der Waals surface area contributed by atoms with E-state index in [1.54, 1.807) is 24.3 Å². The number of ether oxygens (including phenoxy) is 1. The van der Waals surface area contributed by atoms with Crippen molar-refractivity contribution < 1.29 is 27.5 Å². The number of anilines is 2. The number of carbonyl (C=O) groups excluding carboxylic acids is 2. The van der Waals surface area contributed by atoms with Crippen LogP contribution >= 0.6 is 0 Å². The van der Waals surface area contributed by atoms with E-state index < -0.39 is 30.2 Å². The lowest BCUT2D eigenvalue weighted by atomic mass is 10.1. The van der Waals surface area contributed by atoms with Gasteiger partial charge in [-0.05, 0) is 42.5 Å². The summed E-state index contributed by atoms with van der Waals surface area (Å²) in [7, 11) is 3.75. The van der Waals surface area contributed by atoms with Crippen molar-refractivity contribution in [1.82, 2.24) is 0 Å². The van der Waals surface area contributed by atoms with Gasteiger partial charge in [0.05, 0.1) is 11.1 Å². The minimum atomic E-state index is -4.56. The quantitative estimate of drug-likeness (QED) is 0.822. The van der Waals surface area contributed by atoms with Crippen LogP contribution in [0.15, 0.2) is 48.5 Å². The number of benzene rings is 2. The van der Waals surface area contributed by atoms with Crippen molar-refractivity contribution in [3.8, 4) is 0 Å². The minimum Gasteiger partial charge on any atom is -0.452 e. The molecule has 0 bridgehead atoms. The van der Waals surface area contributed by atoms with Crippen LogP contribution < -0.4 is 10.2 Å². The van der Waals surface area contributed by atoms with Gasteiger partial charge in [0.2, 0.25) is 0 Å². The smallest absolute Gasteiger partial charge is 0.416 e. The SMILES string of the molecule is CN(C)c1ccc(NC(=O)COC(=O)c2cccc(C(F)(F)F)c2)cc1. The van der Waals surface area contributed by atoms with Gasteiger partial charge in [0.15, 0.2) is 6.61 Å². The van der Waals surface area contributed by atoms with Gasteiger partial charge in [-0.25, -0.2) is 4.79 Å². The highest BCUT2D eigenvalue weighted by molar-refractivity contribution is 5.95. The average Bonchev–Trinajstić information content (AvgIpc) is 2.59. The summed E-state index contributed by atoms with van der Waals surface area (Å²) in [5, 5.41) is 2.54. The first-order chi connectivity index (χ1) is 12.2. The van der Waals surface area contributed by atoms with Crippen molar-refractivity contribution >= 4 is 23.3 Å². The van der Waals surface area contributed by atoms with Gasteiger partial charge in [0.25, 0.3) is 5.91 Å². The topological polar surface area (TPSA) is 58.6 Å². The van der Waals surface area contributed by atoms with Crippen LogP contribution in [-0.4, -0.2) is 32.6 Å². The maximum atomic E-state index is 12.6. The zero-order valence-corrected chi connectivity index (χ0v) is 14.1. The number of carbonyl (C=O) groups is 2. The van der Waals surface area contributed by atoms with E-state index in [-0.39, 0.29) is 5.56 Å². The standard InChI is InChI=1S/C18H17F3N2O3/c1-23(2)15-8-6-14(7-9-15)22-16(24)11-26-17(25)12-4-3-5-13(10-12)18(19,20)21/h3-10H,11H2,1-2H3,(H,22,24). The number of esters is 1. The summed E-state index contributed by atoms with van der Waals surface area (Å²) >= 11 is 0. The van der Waals surface area contributed by atoms with Crippen LogP contribution in [0.5, 0.6) is 0 Å². The predicted octanol–water partition coefficient (Wildman–Crippen LogP) is 3.57. The molecule has 0 saturated heterocycles. The van der Waals surface area contributed by atoms with E-state index >= 15 is 0 Å². The molecule has 0 aliphatic carbocycles. The minimum absolute atomic E-state index is 0.275. The average molecular weight is 366 g/mol. The largest absolute Gasteiger partial charge is 0.452 e. The molecule has 0 radical (unpaired) electrons. The molecule has 5 nitrogen and oxygen atoms in total. The lowest BCUT2D eigenvalue weighted by Gasteiger charge is -2.13. The van der Waals surface area contributed by atoms with Crippen LogP contribution in [0.1, 0.15) is 15.9 Å². The van der Waals surface area contributed by atoms with Crippen LogP contribution in [0.3, 0.4) is 0 Å². The molecular formula is C18H17F3N2O3. The van der Waals surface area contributed by atoms with E-state index in [9.17, 15) is 22.8 Å². The van der Waals surface area contributed by atoms with E-state index in [2.05, 4.69) is 5.32 Å². The molecule has 1 N–H and O–H groups in total. The Morgan fingerprint density at radius 2 is 1.73 bits per heavy atom. The number of nitrogens with zero attached hydrogens (tertiary/aromatic N) is 1. The van der Waals surface area contributed by atoms with Crippen molar-refractivity contribution in [2.45, 2.75) is 6.18 Å². The Morgan fingerprint density at radius 1 is 1.08 bits per heavy atom. The van der Waals surface area contributed by atoms with E-state index in [0.717, 1.165) is 17.8 Å². The molecule has 0 aliphatic heterocycles. The Hall–Kier alpha value is -3.03. The fourth-order valence-electron chi connectivity index (χ4n) is 2.08. The highest BCUT2D eigenvalue weighted by atomic mass is 19.4. The Balaban J connectivity index is 1.91. The van der Waals surface area contributed by atoms with Crippen molar-refractivity contribution in [3.05, 3.63) is 59.7 Å². The molecule has 1 amide bonds. The van der Waals surface area contributed by atoms with Gasteiger partial charge in [-0.1, -0.05) is 6.07 Å². The lowest BCUT2D eigenvalue weighted by molar-refractivity contribution is -0.137. The molecule has 0 aliphatic rings. The van der Waals surface area contributed by atoms with E-state index in [4.69, 9.17) is 4.74 Å². The number of amides is 1. The molecule has 2 rings (SSSR count). The van der Waals surface area contributed by atoms with Crippen molar-refractivity contribution in [1.29, 1.82) is 0 Å². The molecule has 2 aromatic carbocycles. The van der Waals surface area contributed by atoms with Gasteiger partial charge >= 0.3 is 12.1 Å². The zero-order valence-electron chi connectivity index (χ0n) is 14.1. The number of rotatable bonds is 5. The van der Waals surface area contributed by atoms with Gasteiger partial charge in [0, 0.05) is 25.5 Å². The van der Waals surface area contributed by atoms with E-state index in [0.29, 0.717) is 11.8 Å². The van der Waals surface area contributed by atoms with Crippen LogP contribution in [0.25, 0.3) is 0 Å². The molecular weight excluding hydrogens is 349 g/mol. The fourth-order valence-corrected chi connectivity index (χ4v) is 2.08. The summed E-state index contributed by atoms with van der Waals surface area (Å²) in [6, 6.07) is 10.8. The molecule has 0 atom stereocenters. The molecule has 0 aromatic heterocycles. The zero-order chi connectivity index (χ0) is 19.3. The molecule has 138 valence electrons. The van der Waals surface area contributed by atoms with Crippen molar-refractivity contribution in [3.63, 3.8) is 0 Å². The molecule has 8 heteroatoms. The Morgan fingerprint density at radius 3 is 2.31 bits per heavy atom. The molecule has 0 unspecified atom stereocenters. The van der Waals surface area contributed by atoms with E-state index in [1.165, 1.54) is 6.07 Å². The molecule has 0 spiro atoms. The maximum Gasteiger partial charge on any atom is 0.416 e. The van der Waals surface area contributed by atoms with Gasteiger partial charge in [-0.15, -0.1) is 0 Å². The van der Waals surface area contributed by atoms with Gasteiger partial charge in [-0.3, -0.25) is 4.79 Å². The third-order valence-electron chi connectivity index (χ3n) is 3.43. The first-order valence-corrected chi connectivity index (χ1v) is 7.58. The first-order valence-electron chi connectivity index (χ1n) is 7.58. The summed E-state index contributed by atoms with van der Waals surface area (Å²) in [6.45, 7) is -0.607. The van der Waals surface area contributed by atoms with Gasteiger partial charge < -0.3 is 15.0 Å². The first kappa shape index (κ1) is 19.3. The van der Waals surface area contributed by atoms with Crippen molar-refractivity contribution in [2.24, 2.45) is 0 Å². The third-order valence-corrected chi connectivity index (χ3v) is 3.43. The predicted molar refractivity (Wildman–Crippen MR) is 91.1 cm³/mol. The second kappa shape index (κ2) is 7.90. The number of halogens is 3. The van der Waals surface area contributed by atoms with Crippen LogP contribution in [0, 0.1) is 0 Å². The molecule has 0 fully saturated rings. The van der Waals surface area contributed by atoms with Crippen LogP contribution in [0.4, 0.5) is 24.5 Å². The number of nitrogens with one attached hydrogen (secondary N) is 1. The Kier molecular flexibility index (Phi) is 5.86. The van der Waals surface area contributed by atoms with Gasteiger partial charge in [-0.2, -0.15) is 13.2 Å². The Bertz CT molecular complexity index is 787. The van der Waals surface area contributed by atoms with Crippen molar-refractivity contribution in [2.75, 3.05) is 30.9 Å². The molecule has 26 heavy (non-hydrogen) atoms. The normalized spacial score (nSPS) is 11.0. The maximum absolute atomic E-state index is 12.6. The second-order valence-electron chi connectivity index (χ2n) is 5.64. The Labute approximate surface area is 148 Å². The highest BCUT2D eigenvalue weighted by Crippen LogP contribution is 2.29. The summed E-state index contributed by atoms with van der Waals surface area (Å²) in [6.07, 6.45) is -4.56. The molecule has 0 saturated carbocycles. The van der Waals surface area contributed by atoms with E-state index in [1.807, 2.05) is 19.0 Å². The molecule has 2 aromatic rings. The molecule has 0 heterocycles. The third kappa shape index (κ3) is 5.23. The second-order valence-corrected chi connectivity index (χ2v) is 5.64. The lowest BCUT2D eigenvalue weighted by Crippen LogP contribution is -2.21.